The SMILES string of the molecule is N#Cc1c(NC(=O)c2cnn(-c3ccc([N+](=O)[O-])cc3)c2)sc2c1CCCC2. The Morgan fingerprint density at radius 2 is 2.04 bits per heavy atom. The molecule has 1 aliphatic rings. The van der Waals surface area contributed by atoms with Crippen molar-refractivity contribution in [3.63, 3.8) is 0 Å². The molecule has 0 aliphatic heterocycles. The van der Waals surface area contributed by atoms with Crippen LogP contribution in [-0.2, 0) is 12.8 Å². The van der Waals surface area contributed by atoms with E-state index in [-0.39, 0.29) is 11.6 Å². The lowest BCUT2D eigenvalue weighted by molar-refractivity contribution is -0.384. The smallest absolute Gasteiger partial charge is 0.269 e. The second-order valence-corrected chi connectivity index (χ2v) is 7.53. The number of nitro benzene ring substituents is 1. The highest BCUT2D eigenvalue weighted by Crippen LogP contribution is 2.37. The minimum Gasteiger partial charge on any atom is -0.312 e. The Labute approximate surface area is 164 Å². The van der Waals surface area contributed by atoms with Crippen LogP contribution < -0.4 is 5.32 Å². The number of benzene rings is 1. The summed E-state index contributed by atoms with van der Waals surface area (Å²) >= 11 is 1.47. The summed E-state index contributed by atoms with van der Waals surface area (Å²) in [5.41, 5.74) is 2.56. The van der Waals surface area contributed by atoms with E-state index in [4.69, 9.17) is 0 Å². The maximum Gasteiger partial charge on any atom is 0.269 e. The molecule has 2 heterocycles. The summed E-state index contributed by atoms with van der Waals surface area (Å²) < 4.78 is 1.48. The predicted octanol–water partition coefficient (Wildman–Crippen LogP) is 3.84. The van der Waals surface area contributed by atoms with Crippen LogP contribution in [0.3, 0.4) is 0 Å². The van der Waals surface area contributed by atoms with Crippen LogP contribution in [0.15, 0.2) is 36.7 Å². The number of nitriles is 1. The normalized spacial score (nSPS) is 12.8. The van der Waals surface area contributed by atoms with E-state index < -0.39 is 4.92 Å². The molecular formula is C19H15N5O3S. The van der Waals surface area contributed by atoms with Gasteiger partial charge in [-0.1, -0.05) is 0 Å². The van der Waals surface area contributed by atoms with Gasteiger partial charge >= 0.3 is 0 Å². The molecule has 4 rings (SSSR count). The standard InChI is InChI=1S/C19H15N5O3S/c20-9-16-15-3-1-2-4-17(15)28-19(16)22-18(25)12-10-21-23(11-12)13-5-7-14(8-6-13)24(26)27/h5-8,10-11H,1-4H2,(H,22,25). The van der Waals surface area contributed by atoms with Crippen LogP contribution in [0.25, 0.3) is 5.69 Å². The zero-order valence-electron chi connectivity index (χ0n) is 14.7. The van der Waals surface area contributed by atoms with Gasteiger partial charge in [-0.2, -0.15) is 10.4 Å². The van der Waals surface area contributed by atoms with Gasteiger partial charge in [-0.15, -0.1) is 11.3 Å². The van der Waals surface area contributed by atoms with E-state index in [0.717, 1.165) is 31.2 Å². The van der Waals surface area contributed by atoms with E-state index in [2.05, 4.69) is 16.5 Å². The van der Waals surface area contributed by atoms with Crippen molar-refractivity contribution in [1.29, 1.82) is 5.26 Å². The number of aromatic nitrogens is 2. The van der Waals surface area contributed by atoms with E-state index in [1.54, 1.807) is 18.3 Å². The summed E-state index contributed by atoms with van der Waals surface area (Å²) in [6, 6.07) is 8.11. The Kier molecular flexibility index (Phi) is 4.63. The molecule has 0 atom stereocenters. The maximum atomic E-state index is 12.6. The number of hydrogen-bond donors (Lipinski definition) is 1. The zero-order chi connectivity index (χ0) is 19.7. The van der Waals surface area contributed by atoms with E-state index in [1.807, 2.05) is 0 Å². The van der Waals surface area contributed by atoms with Crippen molar-refractivity contribution in [2.24, 2.45) is 0 Å². The third kappa shape index (κ3) is 3.25. The molecule has 28 heavy (non-hydrogen) atoms. The number of hydrogen-bond acceptors (Lipinski definition) is 6. The molecule has 1 amide bonds. The number of carbonyl (C=O) groups is 1. The van der Waals surface area contributed by atoms with Crippen molar-refractivity contribution in [3.05, 3.63) is 68.3 Å². The molecule has 9 heteroatoms. The average Bonchev–Trinajstić information content (AvgIpc) is 3.32. The lowest BCUT2D eigenvalue weighted by Crippen LogP contribution is -2.11. The van der Waals surface area contributed by atoms with Crippen LogP contribution in [0.5, 0.6) is 0 Å². The van der Waals surface area contributed by atoms with Crippen LogP contribution in [0, 0.1) is 21.4 Å². The van der Waals surface area contributed by atoms with Crippen LogP contribution >= 0.6 is 11.3 Å². The van der Waals surface area contributed by atoms with Crippen LogP contribution in [0.4, 0.5) is 10.7 Å². The number of amides is 1. The van der Waals surface area contributed by atoms with Crippen molar-refractivity contribution >= 4 is 27.9 Å². The van der Waals surface area contributed by atoms with Gasteiger partial charge in [-0.3, -0.25) is 14.9 Å². The minimum atomic E-state index is -0.473. The van der Waals surface area contributed by atoms with Gasteiger partial charge in [-0.05, 0) is 43.4 Å². The number of fused-ring (bicyclic) bond motifs is 1. The van der Waals surface area contributed by atoms with Gasteiger partial charge in [0.05, 0.1) is 27.9 Å². The lowest BCUT2D eigenvalue weighted by atomic mass is 9.96. The van der Waals surface area contributed by atoms with E-state index in [0.29, 0.717) is 21.8 Å². The number of non-ortho nitro benzene ring substituents is 1. The monoisotopic (exact) mass is 393 g/mol. The van der Waals surface area contributed by atoms with Crippen LogP contribution in [0.2, 0.25) is 0 Å². The second kappa shape index (κ2) is 7.25. The number of nitrogens with one attached hydrogen (secondary N) is 1. The molecule has 0 radical (unpaired) electrons. The van der Waals surface area contributed by atoms with Crippen molar-refractivity contribution < 1.29 is 9.72 Å². The Hall–Kier alpha value is -3.51. The first-order chi connectivity index (χ1) is 13.6. The van der Waals surface area contributed by atoms with Gasteiger partial charge in [0.2, 0.25) is 0 Å². The molecule has 3 aromatic rings. The molecule has 1 aromatic carbocycles. The molecule has 2 aromatic heterocycles. The third-order valence-electron chi connectivity index (χ3n) is 4.68. The molecule has 0 saturated heterocycles. The van der Waals surface area contributed by atoms with Crippen molar-refractivity contribution in [2.45, 2.75) is 25.7 Å². The van der Waals surface area contributed by atoms with E-state index in [9.17, 15) is 20.2 Å². The number of carbonyl (C=O) groups excluding carboxylic acids is 1. The molecule has 140 valence electrons. The molecule has 8 nitrogen and oxygen atoms in total. The first kappa shape index (κ1) is 17.9. The van der Waals surface area contributed by atoms with E-state index >= 15 is 0 Å². The summed E-state index contributed by atoms with van der Waals surface area (Å²) in [7, 11) is 0. The summed E-state index contributed by atoms with van der Waals surface area (Å²) in [6.45, 7) is 0. The molecule has 1 N–H and O–H groups in total. The van der Waals surface area contributed by atoms with E-state index in [1.165, 1.54) is 39.2 Å². The molecule has 0 saturated carbocycles. The third-order valence-corrected chi connectivity index (χ3v) is 5.89. The first-order valence-electron chi connectivity index (χ1n) is 8.72. The van der Waals surface area contributed by atoms with Crippen molar-refractivity contribution in [2.75, 3.05) is 5.32 Å². The number of nitrogens with zero attached hydrogens (tertiary/aromatic N) is 4. The highest BCUT2D eigenvalue weighted by atomic mass is 32.1. The lowest BCUT2D eigenvalue weighted by Gasteiger charge is -2.09. The molecule has 0 unspecified atom stereocenters. The first-order valence-corrected chi connectivity index (χ1v) is 9.54. The number of aryl methyl sites for hydroxylation is 1. The summed E-state index contributed by atoms with van der Waals surface area (Å²) in [6.07, 6.45) is 6.97. The van der Waals surface area contributed by atoms with Crippen molar-refractivity contribution in [1.82, 2.24) is 9.78 Å². The summed E-state index contributed by atoms with van der Waals surface area (Å²) in [5.74, 6) is -0.344. The molecule has 1 aliphatic carbocycles. The highest BCUT2D eigenvalue weighted by Gasteiger charge is 2.22. The predicted molar refractivity (Wildman–Crippen MR) is 104 cm³/mol. The van der Waals surface area contributed by atoms with Gasteiger partial charge in [0.25, 0.3) is 11.6 Å². The number of thiophene rings is 1. The Morgan fingerprint density at radius 3 is 2.75 bits per heavy atom. The maximum absolute atomic E-state index is 12.6. The van der Waals surface area contributed by atoms with Crippen LogP contribution in [0.1, 0.15) is 39.2 Å². The fourth-order valence-corrected chi connectivity index (χ4v) is 4.49. The van der Waals surface area contributed by atoms with Gasteiger partial charge < -0.3 is 5.32 Å². The summed E-state index contributed by atoms with van der Waals surface area (Å²) in [4.78, 5) is 24.1. The quantitative estimate of drug-likeness (QED) is 0.534. The molecule has 0 spiro atoms. The molecular weight excluding hydrogens is 378 g/mol. The Morgan fingerprint density at radius 1 is 1.29 bits per heavy atom. The molecule has 0 fully saturated rings. The number of nitro groups is 1. The highest BCUT2D eigenvalue weighted by molar-refractivity contribution is 7.16. The number of rotatable bonds is 4. The van der Waals surface area contributed by atoms with Gasteiger partial charge in [0.1, 0.15) is 11.1 Å². The zero-order valence-corrected chi connectivity index (χ0v) is 15.5. The number of anilines is 1. The fourth-order valence-electron chi connectivity index (χ4n) is 3.26. The van der Waals surface area contributed by atoms with Crippen LogP contribution in [-0.4, -0.2) is 20.6 Å². The average molecular weight is 393 g/mol. The van der Waals surface area contributed by atoms with Crippen molar-refractivity contribution in [3.8, 4) is 11.8 Å². The Balaban J connectivity index is 1.55. The fraction of sp³-hybridized carbons (Fsp3) is 0.211. The molecule has 0 bridgehead atoms. The van der Waals surface area contributed by atoms with Gasteiger partial charge in [0, 0.05) is 23.2 Å². The Bertz CT molecular complexity index is 1110. The largest absolute Gasteiger partial charge is 0.312 e. The minimum absolute atomic E-state index is 0.0143. The van der Waals surface area contributed by atoms with Gasteiger partial charge in [0.15, 0.2) is 0 Å². The van der Waals surface area contributed by atoms with Gasteiger partial charge in [-0.25, -0.2) is 4.68 Å². The second-order valence-electron chi connectivity index (χ2n) is 6.43. The summed E-state index contributed by atoms with van der Waals surface area (Å²) in [5, 5.41) is 27.8. The topological polar surface area (TPSA) is 114 Å².